The van der Waals surface area contributed by atoms with Crippen LogP contribution in [0.5, 0.6) is 0 Å². The Morgan fingerprint density at radius 3 is 2.23 bits per heavy atom. The van der Waals surface area contributed by atoms with E-state index < -0.39 is 0 Å². The van der Waals surface area contributed by atoms with E-state index >= 15 is 0 Å². The van der Waals surface area contributed by atoms with Gasteiger partial charge in [0.05, 0.1) is 0 Å². The van der Waals surface area contributed by atoms with Crippen molar-refractivity contribution >= 4 is 6.09 Å². The summed E-state index contributed by atoms with van der Waals surface area (Å²) < 4.78 is 5.36. The molecule has 0 aliphatic carbocycles. The molecule has 138 valence electrons. The Hall–Kier alpha value is -2.33. The third kappa shape index (κ3) is 5.60. The van der Waals surface area contributed by atoms with Crippen molar-refractivity contribution in [2.24, 2.45) is 5.41 Å². The number of rotatable bonds is 7. The molecule has 1 aliphatic heterocycles. The van der Waals surface area contributed by atoms with Gasteiger partial charge in [0.2, 0.25) is 0 Å². The molecule has 4 heteroatoms. The van der Waals surface area contributed by atoms with E-state index in [4.69, 9.17) is 4.74 Å². The Morgan fingerprint density at radius 2 is 1.58 bits per heavy atom. The maximum Gasteiger partial charge on any atom is 0.407 e. The van der Waals surface area contributed by atoms with Crippen LogP contribution in [0.2, 0.25) is 0 Å². The van der Waals surface area contributed by atoms with Crippen molar-refractivity contribution in [3.63, 3.8) is 0 Å². The number of carbonyl (C=O) groups excluding carboxylic acids is 1. The summed E-state index contributed by atoms with van der Waals surface area (Å²) >= 11 is 0. The molecule has 0 bridgehead atoms. The summed E-state index contributed by atoms with van der Waals surface area (Å²) in [5.41, 5.74) is 2.51. The number of piperidine rings is 1. The maximum absolute atomic E-state index is 12.1. The first-order chi connectivity index (χ1) is 12.8. The van der Waals surface area contributed by atoms with Crippen LogP contribution < -0.4 is 10.6 Å². The molecular weight excluding hydrogens is 324 g/mol. The molecule has 0 atom stereocenters. The molecule has 1 aliphatic rings. The van der Waals surface area contributed by atoms with E-state index in [9.17, 15) is 4.79 Å². The first-order valence-electron chi connectivity index (χ1n) is 9.45. The molecule has 0 radical (unpaired) electrons. The number of carbonyl (C=O) groups is 1. The Bertz CT molecular complexity index is 667. The molecule has 1 heterocycles. The minimum Gasteiger partial charge on any atom is -0.445 e. The van der Waals surface area contributed by atoms with Crippen LogP contribution in [-0.2, 0) is 17.8 Å². The minimum absolute atomic E-state index is 0.146. The molecule has 0 unspecified atom stereocenters. The lowest BCUT2D eigenvalue weighted by Gasteiger charge is -2.38. The van der Waals surface area contributed by atoms with Gasteiger partial charge in [-0.1, -0.05) is 60.7 Å². The van der Waals surface area contributed by atoms with Gasteiger partial charge >= 0.3 is 6.09 Å². The first-order valence-corrected chi connectivity index (χ1v) is 9.45. The van der Waals surface area contributed by atoms with Gasteiger partial charge in [0, 0.05) is 6.54 Å². The lowest BCUT2D eigenvalue weighted by atomic mass is 9.74. The molecule has 1 saturated heterocycles. The number of nitrogens with one attached hydrogen (secondary N) is 2. The molecule has 0 spiro atoms. The van der Waals surface area contributed by atoms with Gasteiger partial charge in [-0.3, -0.25) is 0 Å². The van der Waals surface area contributed by atoms with Crippen molar-refractivity contribution in [3.05, 3.63) is 71.8 Å². The number of amides is 1. The number of alkyl carbamates (subject to hydrolysis) is 1. The molecule has 1 amide bonds. The summed E-state index contributed by atoms with van der Waals surface area (Å²) in [4.78, 5) is 12.1. The molecule has 2 aromatic carbocycles. The number of ether oxygens (including phenoxy) is 1. The predicted octanol–water partition coefficient (Wildman–Crippen LogP) is 3.92. The molecule has 1 fully saturated rings. The molecule has 0 saturated carbocycles. The number of hydrogen-bond acceptors (Lipinski definition) is 3. The second-order valence-electron chi connectivity index (χ2n) is 7.15. The lowest BCUT2D eigenvalue weighted by Crippen LogP contribution is -2.45. The normalized spacial score (nSPS) is 16.0. The Balaban J connectivity index is 1.50. The highest BCUT2D eigenvalue weighted by Gasteiger charge is 2.32. The van der Waals surface area contributed by atoms with Crippen LogP contribution in [-0.4, -0.2) is 25.7 Å². The summed E-state index contributed by atoms with van der Waals surface area (Å²) in [5.74, 6) is 0. The van der Waals surface area contributed by atoms with E-state index in [1.54, 1.807) is 0 Å². The van der Waals surface area contributed by atoms with E-state index in [0.29, 0.717) is 13.2 Å². The highest BCUT2D eigenvalue weighted by Crippen LogP contribution is 2.33. The number of aryl methyl sites for hydroxylation is 1. The van der Waals surface area contributed by atoms with Gasteiger partial charge in [-0.15, -0.1) is 0 Å². The number of benzene rings is 2. The van der Waals surface area contributed by atoms with Gasteiger partial charge in [0.15, 0.2) is 0 Å². The SMILES string of the molecule is O=C(NCC1(CCc2ccccc2)CCNCC1)OCc1ccccc1. The average Bonchev–Trinajstić information content (AvgIpc) is 2.72. The monoisotopic (exact) mass is 352 g/mol. The summed E-state index contributed by atoms with van der Waals surface area (Å²) in [5, 5.41) is 6.44. The average molecular weight is 352 g/mol. The van der Waals surface area contributed by atoms with Gasteiger partial charge in [-0.05, 0) is 55.3 Å². The van der Waals surface area contributed by atoms with Crippen LogP contribution in [0, 0.1) is 5.41 Å². The smallest absolute Gasteiger partial charge is 0.407 e. The van der Waals surface area contributed by atoms with Gasteiger partial charge in [0.25, 0.3) is 0 Å². The third-order valence-corrected chi connectivity index (χ3v) is 5.27. The second kappa shape index (κ2) is 9.39. The van der Waals surface area contributed by atoms with Gasteiger partial charge in [-0.25, -0.2) is 4.79 Å². The molecule has 3 rings (SSSR count). The highest BCUT2D eigenvalue weighted by atomic mass is 16.5. The van der Waals surface area contributed by atoms with Crippen molar-refractivity contribution in [1.82, 2.24) is 10.6 Å². The van der Waals surface area contributed by atoms with E-state index in [1.165, 1.54) is 5.56 Å². The van der Waals surface area contributed by atoms with E-state index in [2.05, 4.69) is 34.9 Å². The summed E-state index contributed by atoms with van der Waals surface area (Å²) in [6.07, 6.45) is 3.96. The first kappa shape index (κ1) is 18.5. The zero-order valence-corrected chi connectivity index (χ0v) is 15.2. The van der Waals surface area contributed by atoms with Crippen molar-refractivity contribution in [2.75, 3.05) is 19.6 Å². The quantitative estimate of drug-likeness (QED) is 0.794. The van der Waals surface area contributed by atoms with E-state index in [-0.39, 0.29) is 11.5 Å². The third-order valence-electron chi connectivity index (χ3n) is 5.27. The van der Waals surface area contributed by atoms with E-state index in [1.807, 2.05) is 36.4 Å². The zero-order chi connectivity index (χ0) is 18.1. The standard InChI is InChI=1S/C22H28N2O2/c25-21(26-17-20-9-5-2-6-10-20)24-18-22(13-15-23-16-14-22)12-11-19-7-3-1-4-8-19/h1-10,23H,11-18H2,(H,24,25). The fourth-order valence-corrected chi connectivity index (χ4v) is 3.56. The minimum atomic E-state index is -0.327. The fourth-order valence-electron chi connectivity index (χ4n) is 3.56. The van der Waals surface area contributed by atoms with Crippen molar-refractivity contribution in [1.29, 1.82) is 0 Å². The molecule has 2 aromatic rings. The van der Waals surface area contributed by atoms with Crippen molar-refractivity contribution < 1.29 is 9.53 Å². The number of hydrogen-bond donors (Lipinski definition) is 2. The highest BCUT2D eigenvalue weighted by molar-refractivity contribution is 5.67. The van der Waals surface area contributed by atoms with Crippen LogP contribution >= 0.6 is 0 Å². The topological polar surface area (TPSA) is 50.4 Å². The predicted molar refractivity (Wildman–Crippen MR) is 104 cm³/mol. The molecular formula is C22H28N2O2. The summed E-state index contributed by atoms with van der Waals surface area (Å²) in [6.45, 7) is 3.01. The molecule has 0 aromatic heterocycles. The molecule has 2 N–H and O–H groups in total. The van der Waals surface area contributed by atoms with Crippen molar-refractivity contribution in [3.8, 4) is 0 Å². The van der Waals surface area contributed by atoms with Crippen LogP contribution in [0.25, 0.3) is 0 Å². The Kier molecular flexibility index (Phi) is 6.67. The van der Waals surface area contributed by atoms with Crippen LogP contribution in [0.15, 0.2) is 60.7 Å². The Morgan fingerprint density at radius 1 is 0.962 bits per heavy atom. The fraction of sp³-hybridized carbons (Fsp3) is 0.409. The molecule has 4 nitrogen and oxygen atoms in total. The maximum atomic E-state index is 12.1. The zero-order valence-electron chi connectivity index (χ0n) is 15.2. The van der Waals surface area contributed by atoms with Crippen LogP contribution in [0.1, 0.15) is 30.4 Å². The summed E-state index contributed by atoms with van der Waals surface area (Å²) in [7, 11) is 0. The van der Waals surface area contributed by atoms with Crippen LogP contribution in [0.4, 0.5) is 4.79 Å². The lowest BCUT2D eigenvalue weighted by molar-refractivity contribution is 0.123. The van der Waals surface area contributed by atoms with Crippen LogP contribution in [0.3, 0.4) is 0 Å². The van der Waals surface area contributed by atoms with E-state index in [0.717, 1.165) is 44.3 Å². The Labute approximate surface area is 156 Å². The van der Waals surface area contributed by atoms with Gasteiger partial charge in [-0.2, -0.15) is 0 Å². The summed E-state index contributed by atoms with van der Waals surface area (Å²) in [6, 6.07) is 20.3. The van der Waals surface area contributed by atoms with Crippen molar-refractivity contribution in [2.45, 2.75) is 32.3 Å². The van der Waals surface area contributed by atoms with Gasteiger partial charge < -0.3 is 15.4 Å². The van der Waals surface area contributed by atoms with Gasteiger partial charge in [0.1, 0.15) is 6.61 Å². The molecule has 26 heavy (non-hydrogen) atoms. The second-order valence-corrected chi connectivity index (χ2v) is 7.15. The largest absolute Gasteiger partial charge is 0.445 e.